The van der Waals surface area contributed by atoms with Crippen molar-refractivity contribution in [1.82, 2.24) is 4.90 Å². The summed E-state index contributed by atoms with van der Waals surface area (Å²) in [6, 6.07) is 8.38. The van der Waals surface area contributed by atoms with Gasteiger partial charge in [-0.3, -0.25) is 4.90 Å². The highest BCUT2D eigenvalue weighted by Crippen LogP contribution is 2.30. The lowest BCUT2D eigenvalue weighted by atomic mass is 9.92. The number of rotatable bonds is 6. The van der Waals surface area contributed by atoms with Crippen LogP contribution in [0.15, 0.2) is 28.7 Å². The maximum absolute atomic E-state index is 9.57. The Morgan fingerprint density at radius 2 is 1.84 bits per heavy atom. The topological polar surface area (TPSA) is 49.5 Å². The largest absolute Gasteiger partial charge is 0.394 e. The molecule has 0 aliphatic rings. The molecule has 1 rings (SSSR count). The van der Waals surface area contributed by atoms with Gasteiger partial charge in [-0.05, 0) is 45.0 Å². The Morgan fingerprint density at radius 3 is 2.26 bits per heavy atom. The third-order valence-electron chi connectivity index (χ3n) is 3.85. The maximum Gasteiger partial charge on any atom is 0.0610 e. The van der Waals surface area contributed by atoms with Crippen molar-refractivity contribution in [3.63, 3.8) is 0 Å². The van der Waals surface area contributed by atoms with E-state index in [0.29, 0.717) is 0 Å². The molecule has 19 heavy (non-hydrogen) atoms. The summed E-state index contributed by atoms with van der Waals surface area (Å²) in [6.07, 6.45) is 0.895. The van der Waals surface area contributed by atoms with Crippen molar-refractivity contribution >= 4 is 15.9 Å². The van der Waals surface area contributed by atoms with Crippen LogP contribution in [0.5, 0.6) is 0 Å². The van der Waals surface area contributed by atoms with Gasteiger partial charge in [-0.2, -0.15) is 0 Å². The fraction of sp³-hybridized carbons (Fsp3) is 0.600. The molecule has 0 aromatic heterocycles. The number of likely N-dealkylation sites (N-methyl/N-ethyl adjacent to an activating group) is 1. The molecule has 0 aliphatic heterocycles. The van der Waals surface area contributed by atoms with E-state index in [9.17, 15) is 5.11 Å². The molecule has 0 spiro atoms. The molecule has 1 aromatic carbocycles. The Balaban J connectivity index is 3.11. The number of aliphatic hydroxyl groups excluding tert-OH is 1. The van der Waals surface area contributed by atoms with Crippen molar-refractivity contribution in [2.24, 2.45) is 5.73 Å². The van der Waals surface area contributed by atoms with E-state index in [1.807, 2.05) is 33.0 Å². The first-order chi connectivity index (χ1) is 8.83. The number of aliphatic hydroxyl groups is 1. The number of hydrogen-bond donors (Lipinski definition) is 2. The van der Waals surface area contributed by atoms with Gasteiger partial charge in [-0.15, -0.1) is 0 Å². The molecule has 3 N–H and O–H groups in total. The molecule has 2 atom stereocenters. The Bertz CT molecular complexity index is 392. The smallest absolute Gasteiger partial charge is 0.0610 e. The molecule has 108 valence electrons. The van der Waals surface area contributed by atoms with E-state index in [1.165, 1.54) is 5.56 Å². The van der Waals surface area contributed by atoms with Gasteiger partial charge in [0.05, 0.1) is 12.6 Å². The number of benzene rings is 1. The molecule has 0 fully saturated rings. The molecule has 0 heterocycles. The summed E-state index contributed by atoms with van der Waals surface area (Å²) >= 11 is 3.45. The van der Waals surface area contributed by atoms with Crippen LogP contribution in [0, 0.1) is 0 Å². The average Bonchev–Trinajstić information content (AvgIpc) is 2.40. The normalized spacial score (nSPS) is 15.6. The third kappa shape index (κ3) is 4.02. The second kappa shape index (κ2) is 6.84. The average molecular weight is 329 g/mol. The fourth-order valence-electron chi connectivity index (χ4n) is 2.13. The van der Waals surface area contributed by atoms with E-state index in [1.54, 1.807) is 0 Å². The monoisotopic (exact) mass is 328 g/mol. The van der Waals surface area contributed by atoms with E-state index >= 15 is 0 Å². The van der Waals surface area contributed by atoms with Crippen molar-refractivity contribution in [3.8, 4) is 0 Å². The van der Waals surface area contributed by atoms with Crippen LogP contribution in [-0.2, 0) is 0 Å². The van der Waals surface area contributed by atoms with E-state index in [4.69, 9.17) is 5.73 Å². The van der Waals surface area contributed by atoms with Gasteiger partial charge in [0.15, 0.2) is 0 Å². The van der Waals surface area contributed by atoms with Gasteiger partial charge in [-0.25, -0.2) is 0 Å². The van der Waals surface area contributed by atoms with Gasteiger partial charge in [0.1, 0.15) is 0 Å². The first-order valence-corrected chi connectivity index (χ1v) is 7.47. The summed E-state index contributed by atoms with van der Waals surface area (Å²) in [5.74, 6) is 0. The minimum atomic E-state index is -0.301. The van der Waals surface area contributed by atoms with Crippen molar-refractivity contribution in [2.45, 2.75) is 44.8 Å². The van der Waals surface area contributed by atoms with Crippen LogP contribution in [0.1, 0.15) is 38.8 Å². The molecule has 0 aliphatic carbocycles. The van der Waals surface area contributed by atoms with E-state index in [0.717, 1.165) is 10.9 Å². The second-order valence-electron chi connectivity index (χ2n) is 5.65. The summed E-state index contributed by atoms with van der Waals surface area (Å²) in [6.45, 7) is 6.26. The van der Waals surface area contributed by atoms with Gasteiger partial charge in [-0.1, -0.05) is 35.0 Å². The maximum atomic E-state index is 9.57. The Labute approximate surface area is 124 Å². The first kappa shape index (κ1) is 16.6. The molecule has 1 aromatic rings. The summed E-state index contributed by atoms with van der Waals surface area (Å²) in [5.41, 5.74) is 7.19. The minimum Gasteiger partial charge on any atom is -0.394 e. The van der Waals surface area contributed by atoms with Crippen LogP contribution in [0.3, 0.4) is 0 Å². The molecule has 4 heteroatoms. The Hall–Kier alpha value is -0.420. The lowest BCUT2D eigenvalue weighted by Crippen LogP contribution is -2.51. The molecule has 0 bridgehead atoms. The van der Waals surface area contributed by atoms with E-state index < -0.39 is 0 Å². The van der Waals surface area contributed by atoms with Crippen LogP contribution >= 0.6 is 15.9 Å². The molecular weight excluding hydrogens is 304 g/mol. The van der Waals surface area contributed by atoms with Crippen molar-refractivity contribution < 1.29 is 5.11 Å². The summed E-state index contributed by atoms with van der Waals surface area (Å²) in [7, 11) is 2.03. The molecule has 0 radical (unpaired) electrons. The van der Waals surface area contributed by atoms with Gasteiger partial charge < -0.3 is 10.8 Å². The summed E-state index contributed by atoms with van der Waals surface area (Å²) in [4.78, 5) is 2.17. The number of nitrogens with two attached hydrogens (primary N) is 1. The van der Waals surface area contributed by atoms with Crippen molar-refractivity contribution in [2.75, 3.05) is 13.7 Å². The molecule has 0 saturated carbocycles. The molecule has 2 unspecified atom stereocenters. The highest BCUT2D eigenvalue weighted by atomic mass is 79.9. The zero-order valence-corrected chi connectivity index (χ0v) is 13.8. The molecule has 3 nitrogen and oxygen atoms in total. The zero-order chi connectivity index (χ0) is 14.6. The van der Waals surface area contributed by atoms with Crippen LogP contribution in [0.4, 0.5) is 0 Å². The van der Waals surface area contributed by atoms with E-state index in [2.05, 4.69) is 39.9 Å². The first-order valence-electron chi connectivity index (χ1n) is 6.68. The number of halogens is 1. The summed E-state index contributed by atoms with van der Waals surface area (Å²) in [5, 5.41) is 9.57. The highest BCUT2D eigenvalue weighted by molar-refractivity contribution is 9.10. The fourth-order valence-corrected chi connectivity index (χ4v) is 2.39. The molecule has 0 amide bonds. The predicted molar refractivity (Wildman–Crippen MR) is 84.1 cm³/mol. The van der Waals surface area contributed by atoms with Crippen molar-refractivity contribution in [3.05, 3.63) is 34.3 Å². The third-order valence-corrected chi connectivity index (χ3v) is 4.38. The van der Waals surface area contributed by atoms with Crippen LogP contribution in [0.25, 0.3) is 0 Å². The Kier molecular flexibility index (Phi) is 5.99. The Morgan fingerprint density at radius 1 is 1.32 bits per heavy atom. The van der Waals surface area contributed by atoms with Gasteiger partial charge >= 0.3 is 0 Å². The zero-order valence-electron chi connectivity index (χ0n) is 12.2. The van der Waals surface area contributed by atoms with Crippen LogP contribution < -0.4 is 5.73 Å². The summed E-state index contributed by atoms with van der Waals surface area (Å²) < 4.78 is 1.06. The highest BCUT2D eigenvalue weighted by Gasteiger charge is 2.32. The van der Waals surface area contributed by atoms with E-state index in [-0.39, 0.29) is 24.2 Å². The standard InChI is InChI=1S/C15H25BrN2O/c1-5-13(17)14(18(4)15(2,3)10-19)11-6-8-12(16)9-7-11/h6-9,13-14,19H,5,10,17H2,1-4H3. The molecule has 0 saturated heterocycles. The van der Waals surface area contributed by atoms with Gasteiger partial charge in [0, 0.05) is 16.1 Å². The minimum absolute atomic E-state index is 0.0389. The molecular formula is C15H25BrN2O. The predicted octanol–water partition coefficient (Wildman–Crippen LogP) is 2.93. The van der Waals surface area contributed by atoms with Crippen molar-refractivity contribution in [1.29, 1.82) is 0 Å². The van der Waals surface area contributed by atoms with Gasteiger partial charge in [0.25, 0.3) is 0 Å². The number of nitrogens with zero attached hydrogens (tertiary/aromatic N) is 1. The lowest BCUT2D eigenvalue weighted by molar-refractivity contribution is 0.0345. The quantitative estimate of drug-likeness (QED) is 0.844. The van der Waals surface area contributed by atoms with Gasteiger partial charge in [0.2, 0.25) is 0 Å². The van der Waals surface area contributed by atoms with Crippen LogP contribution in [0.2, 0.25) is 0 Å². The SMILES string of the molecule is CCC(N)C(c1ccc(Br)cc1)N(C)C(C)(C)CO. The lowest BCUT2D eigenvalue weighted by Gasteiger charge is -2.42. The van der Waals surface area contributed by atoms with Crippen LogP contribution in [-0.4, -0.2) is 35.2 Å². The second-order valence-corrected chi connectivity index (χ2v) is 6.57. The number of hydrogen-bond acceptors (Lipinski definition) is 3.